The number of hydrogen-bond acceptors (Lipinski definition) is 0. The third-order valence-corrected chi connectivity index (χ3v) is 5.14. The topological polar surface area (TPSA) is 0 Å². The summed E-state index contributed by atoms with van der Waals surface area (Å²) in [7, 11) is 0. The van der Waals surface area contributed by atoms with Crippen LogP contribution in [0.15, 0.2) is 79.4 Å². The molecular weight excluding hydrogens is 381 g/mol. The van der Waals surface area contributed by atoms with E-state index in [4.69, 9.17) is 0 Å². The van der Waals surface area contributed by atoms with E-state index in [1.165, 1.54) is 18.2 Å². The van der Waals surface area contributed by atoms with Crippen LogP contribution in [0.5, 0.6) is 0 Å². The summed E-state index contributed by atoms with van der Waals surface area (Å²) in [5.41, 5.74) is 1.94. The molecule has 0 nitrogen and oxygen atoms in total. The maximum Gasteiger partial charge on any atom is 0.166 e. The largest absolute Gasteiger partial charge is 0.206 e. The van der Waals surface area contributed by atoms with Crippen LogP contribution in [-0.4, -0.2) is 0 Å². The second kappa shape index (κ2) is 10.1. The van der Waals surface area contributed by atoms with Crippen molar-refractivity contribution in [2.24, 2.45) is 0 Å². The van der Waals surface area contributed by atoms with Crippen LogP contribution < -0.4 is 0 Å². The molecule has 0 unspecified atom stereocenters. The molecule has 0 heterocycles. The lowest BCUT2D eigenvalue weighted by Gasteiger charge is -2.08. The second-order valence-corrected chi connectivity index (χ2v) is 7.23. The first-order chi connectivity index (χ1) is 14.5. The van der Waals surface area contributed by atoms with Gasteiger partial charge in [0.15, 0.2) is 11.7 Å². The van der Waals surface area contributed by atoms with Crippen LogP contribution in [0.1, 0.15) is 42.0 Å². The van der Waals surface area contributed by atoms with Gasteiger partial charge in [-0.2, -0.15) is 0 Å². The number of halogens is 3. The van der Waals surface area contributed by atoms with Crippen molar-refractivity contribution in [3.05, 3.63) is 107 Å². The van der Waals surface area contributed by atoms with Crippen LogP contribution in [0, 0.1) is 5.82 Å². The highest BCUT2D eigenvalue weighted by Gasteiger charge is 2.14. The lowest BCUT2D eigenvalue weighted by Crippen LogP contribution is -1.92. The van der Waals surface area contributed by atoms with Gasteiger partial charge in [0.2, 0.25) is 0 Å². The number of hydrogen-bond donors (Lipinski definition) is 0. The Labute approximate surface area is 176 Å². The van der Waals surface area contributed by atoms with E-state index in [0.717, 1.165) is 18.4 Å². The Balaban J connectivity index is 1.88. The smallest absolute Gasteiger partial charge is 0.166 e. The minimum atomic E-state index is -0.949. The van der Waals surface area contributed by atoms with Gasteiger partial charge in [-0.15, -0.1) is 6.58 Å². The normalized spacial score (nSPS) is 12.4. The fraction of sp³-hybridized carbons (Fsp3) is 0.185. The SMILES string of the molecule is C=CCCc1ccc2cc(C(F)=C(F)c3ccc(CC/C=C/C)cc3)ccc2c1F. The predicted octanol–water partition coefficient (Wildman–Crippen LogP) is 8.37. The number of aryl methyl sites for hydroxylation is 2. The van der Waals surface area contributed by atoms with Crippen molar-refractivity contribution in [3.63, 3.8) is 0 Å². The number of benzene rings is 3. The first-order valence-corrected chi connectivity index (χ1v) is 10.1. The Morgan fingerprint density at radius 2 is 1.57 bits per heavy atom. The van der Waals surface area contributed by atoms with Crippen LogP contribution in [0.4, 0.5) is 13.2 Å². The van der Waals surface area contributed by atoms with E-state index >= 15 is 0 Å². The molecule has 0 fully saturated rings. The highest BCUT2D eigenvalue weighted by atomic mass is 19.2. The fourth-order valence-corrected chi connectivity index (χ4v) is 3.41. The van der Waals surface area contributed by atoms with Gasteiger partial charge in [-0.05, 0) is 55.2 Å². The first kappa shape index (κ1) is 21.6. The van der Waals surface area contributed by atoms with Crippen LogP contribution in [0.25, 0.3) is 22.4 Å². The van der Waals surface area contributed by atoms with Gasteiger partial charge >= 0.3 is 0 Å². The summed E-state index contributed by atoms with van der Waals surface area (Å²) in [6.07, 6.45) is 8.79. The lowest BCUT2D eigenvalue weighted by molar-refractivity contribution is 0.621. The minimum Gasteiger partial charge on any atom is -0.206 e. The lowest BCUT2D eigenvalue weighted by atomic mass is 9.99. The van der Waals surface area contributed by atoms with Gasteiger partial charge in [-0.25, -0.2) is 13.2 Å². The molecule has 0 aliphatic rings. The van der Waals surface area contributed by atoms with E-state index in [2.05, 4.69) is 12.7 Å². The van der Waals surface area contributed by atoms with Crippen molar-refractivity contribution in [3.8, 4) is 0 Å². The Morgan fingerprint density at radius 1 is 0.867 bits per heavy atom. The molecule has 3 heteroatoms. The summed E-state index contributed by atoms with van der Waals surface area (Å²) in [5, 5.41) is 0.939. The summed E-state index contributed by atoms with van der Waals surface area (Å²) >= 11 is 0. The quantitative estimate of drug-likeness (QED) is 0.260. The Kier molecular flexibility index (Phi) is 7.29. The average molecular weight is 406 g/mol. The van der Waals surface area contributed by atoms with E-state index in [-0.39, 0.29) is 16.9 Å². The van der Waals surface area contributed by atoms with Crippen LogP contribution in [0.2, 0.25) is 0 Å². The minimum absolute atomic E-state index is 0.0930. The molecule has 0 saturated carbocycles. The molecule has 0 aliphatic carbocycles. The molecule has 3 aromatic carbocycles. The average Bonchev–Trinajstić information content (AvgIpc) is 2.78. The molecule has 154 valence electrons. The van der Waals surface area contributed by atoms with E-state index < -0.39 is 11.7 Å². The number of fused-ring (bicyclic) bond motifs is 1. The van der Waals surface area contributed by atoms with Crippen molar-refractivity contribution >= 4 is 22.4 Å². The monoisotopic (exact) mass is 406 g/mol. The van der Waals surface area contributed by atoms with E-state index in [9.17, 15) is 13.2 Å². The number of allylic oxidation sites excluding steroid dienone is 3. The van der Waals surface area contributed by atoms with Gasteiger partial charge in [0.1, 0.15) is 5.82 Å². The van der Waals surface area contributed by atoms with Crippen LogP contribution in [0.3, 0.4) is 0 Å². The van der Waals surface area contributed by atoms with Crippen molar-refractivity contribution in [1.82, 2.24) is 0 Å². The predicted molar refractivity (Wildman–Crippen MR) is 121 cm³/mol. The molecule has 0 saturated heterocycles. The molecule has 0 bridgehead atoms. The third kappa shape index (κ3) is 4.91. The van der Waals surface area contributed by atoms with Gasteiger partial charge in [0, 0.05) is 16.5 Å². The summed E-state index contributed by atoms with van der Waals surface area (Å²) in [4.78, 5) is 0. The van der Waals surface area contributed by atoms with E-state index in [1.54, 1.807) is 30.3 Å². The third-order valence-electron chi connectivity index (χ3n) is 5.14. The van der Waals surface area contributed by atoms with Gasteiger partial charge in [-0.1, -0.05) is 66.8 Å². The van der Waals surface area contributed by atoms with Crippen molar-refractivity contribution in [2.45, 2.75) is 32.6 Å². The Morgan fingerprint density at radius 3 is 2.27 bits per heavy atom. The molecular formula is C27H25F3. The van der Waals surface area contributed by atoms with Crippen molar-refractivity contribution < 1.29 is 13.2 Å². The number of rotatable bonds is 8. The molecule has 3 aromatic rings. The summed E-state index contributed by atoms with van der Waals surface area (Å²) in [6.45, 7) is 5.62. The molecule has 0 atom stereocenters. The molecule has 0 aromatic heterocycles. The first-order valence-electron chi connectivity index (χ1n) is 10.1. The van der Waals surface area contributed by atoms with Crippen LogP contribution in [-0.2, 0) is 12.8 Å². The van der Waals surface area contributed by atoms with Gasteiger partial charge in [0.05, 0.1) is 0 Å². The summed E-state index contributed by atoms with van der Waals surface area (Å²) in [5.74, 6) is -2.19. The molecule has 0 aliphatic heterocycles. The molecule has 0 amide bonds. The van der Waals surface area contributed by atoms with Crippen molar-refractivity contribution in [1.29, 1.82) is 0 Å². The zero-order valence-corrected chi connectivity index (χ0v) is 17.1. The summed E-state index contributed by atoms with van der Waals surface area (Å²) < 4.78 is 44.3. The molecule has 30 heavy (non-hydrogen) atoms. The standard InChI is InChI=1S/C27H25F3/c1-3-5-7-8-19-10-12-21(13-11-19)26(29)27(30)23-16-17-24-22(18-23)15-14-20(25(24)28)9-6-4-2/h3-5,10-18H,2,6-9H2,1H3/b5-3+,27-26?. The maximum atomic E-state index is 14.8. The van der Waals surface area contributed by atoms with Gasteiger partial charge in [-0.3, -0.25) is 0 Å². The van der Waals surface area contributed by atoms with Gasteiger partial charge in [0.25, 0.3) is 0 Å². The Bertz CT molecular complexity index is 1090. The van der Waals surface area contributed by atoms with E-state index in [1.807, 2.05) is 25.1 Å². The highest BCUT2D eigenvalue weighted by molar-refractivity contribution is 5.90. The Hall–Kier alpha value is -3.07. The second-order valence-electron chi connectivity index (χ2n) is 7.23. The molecule has 0 spiro atoms. The van der Waals surface area contributed by atoms with Gasteiger partial charge < -0.3 is 0 Å². The highest BCUT2D eigenvalue weighted by Crippen LogP contribution is 2.32. The molecule has 3 rings (SSSR count). The van der Waals surface area contributed by atoms with E-state index in [0.29, 0.717) is 29.2 Å². The molecule has 0 N–H and O–H groups in total. The summed E-state index contributed by atoms with van der Waals surface area (Å²) in [6, 6.07) is 14.6. The van der Waals surface area contributed by atoms with Crippen molar-refractivity contribution in [2.75, 3.05) is 0 Å². The molecule has 0 radical (unpaired) electrons. The zero-order valence-electron chi connectivity index (χ0n) is 17.1. The maximum absolute atomic E-state index is 14.8. The zero-order chi connectivity index (χ0) is 21.5. The van der Waals surface area contributed by atoms with Crippen LogP contribution >= 0.6 is 0 Å². The fourth-order valence-electron chi connectivity index (χ4n) is 3.41.